The summed E-state index contributed by atoms with van der Waals surface area (Å²) in [6, 6.07) is 1.89. The number of hydrogen-bond donors (Lipinski definition) is 2. The van der Waals surface area contributed by atoms with Crippen LogP contribution >= 0.6 is 0 Å². The summed E-state index contributed by atoms with van der Waals surface area (Å²) in [5, 5.41) is 10.8. The minimum Gasteiger partial charge on any atom is -0.351 e. The number of amides is 1. The van der Waals surface area contributed by atoms with Gasteiger partial charge in [0, 0.05) is 45.2 Å². The Hall–Kier alpha value is -1.40. The maximum absolute atomic E-state index is 12.3. The van der Waals surface area contributed by atoms with Gasteiger partial charge in [0.2, 0.25) is 0 Å². The minimum atomic E-state index is -0.0431. The van der Waals surface area contributed by atoms with Gasteiger partial charge in [0.15, 0.2) is 0 Å². The van der Waals surface area contributed by atoms with Crippen molar-refractivity contribution in [3.05, 3.63) is 17.5 Å². The molecule has 0 spiro atoms. The number of rotatable bonds is 5. The van der Waals surface area contributed by atoms with Crippen LogP contribution in [0.25, 0.3) is 0 Å². The number of carbonyl (C=O) groups is 1. The Labute approximate surface area is 133 Å². The lowest BCUT2D eigenvalue weighted by molar-refractivity contribution is 0.0942. The van der Waals surface area contributed by atoms with Crippen molar-refractivity contribution in [2.45, 2.75) is 32.6 Å². The van der Waals surface area contributed by atoms with Crippen molar-refractivity contribution in [2.75, 3.05) is 39.3 Å². The SMILES string of the molecule is Cn1nc(C(C)(C)C)cc1C(=O)NCCCN1CCNCC1. The summed E-state index contributed by atoms with van der Waals surface area (Å²) in [5.41, 5.74) is 1.53. The summed E-state index contributed by atoms with van der Waals surface area (Å²) < 4.78 is 1.67. The number of carbonyl (C=O) groups excluding carboxylic acids is 1. The lowest BCUT2D eigenvalue weighted by atomic mass is 9.92. The van der Waals surface area contributed by atoms with Crippen molar-refractivity contribution in [1.82, 2.24) is 25.3 Å². The summed E-state index contributed by atoms with van der Waals surface area (Å²) in [5.74, 6) is -0.0363. The number of aryl methyl sites for hydroxylation is 1. The van der Waals surface area contributed by atoms with E-state index in [0.717, 1.165) is 44.8 Å². The Morgan fingerprint density at radius 3 is 2.64 bits per heavy atom. The predicted molar refractivity (Wildman–Crippen MR) is 88.2 cm³/mol. The summed E-state index contributed by atoms with van der Waals surface area (Å²) in [4.78, 5) is 14.7. The maximum Gasteiger partial charge on any atom is 0.269 e. The molecule has 0 aromatic carbocycles. The molecule has 0 unspecified atom stereocenters. The van der Waals surface area contributed by atoms with E-state index in [0.29, 0.717) is 12.2 Å². The molecule has 6 nitrogen and oxygen atoms in total. The van der Waals surface area contributed by atoms with Crippen molar-refractivity contribution < 1.29 is 4.79 Å². The topological polar surface area (TPSA) is 62.2 Å². The van der Waals surface area contributed by atoms with Gasteiger partial charge in [0.05, 0.1) is 5.69 Å². The Bertz CT molecular complexity index is 497. The fourth-order valence-corrected chi connectivity index (χ4v) is 2.58. The highest BCUT2D eigenvalue weighted by Gasteiger charge is 2.21. The van der Waals surface area contributed by atoms with Crippen molar-refractivity contribution in [3.63, 3.8) is 0 Å². The Morgan fingerprint density at radius 1 is 1.36 bits per heavy atom. The van der Waals surface area contributed by atoms with E-state index < -0.39 is 0 Å². The van der Waals surface area contributed by atoms with E-state index in [4.69, 9.17) is 0 Å². The Balaban J connectivity index is 1.78. The molecule has 2 heterocycles. The van der Waals surface area contributed by atoms with Crippen LogP contribution in [-0.4, -0.2) is 59.9 Å². The second-order valence-electron chi connectivity index (χ2n) is 6.99. The zero-order chi connectivity index (χ0) is 16.2. The zero-order valence-electron chi connectivity index (χ0n) is 14.3. The molecule has 0 bridgehead atoms. The van der Waals surface area contributed by atoms with E-state index in [1.807, 2.05) is 13.1 Å². The zero-order valence-corrected chi connectivity index (χ0v) is 14.3. The van der Waals surface area contributed by atoms with E-state index in [-0.39, 0.29) is 11.3 Å². The van der Waals surface area contributed by atoms with Crippen LogP contribution in [0.15, 0.2) is 6.07 Å². The average molecular weight is 307 g/mol. The first-order chi connectivity index (χ1) is 10.4. The van der Waals surface area contributed by atoms with Gasteiger partial charge in [0.25, 0.3) is 5.91 Å². The van der Waals surface area contributed by atoms with Gasteiger partial charge in [-0.15, -0.1) is 0 Å². The van der Waals surface area contributed by atoms with Gasteiger partial charge in [0.1, 0.15) is 5.69 Å². The molecule has 1 aromatic rings. The molecule has 2 N–H and O–H groups in total. The number of nitrogens with zero attached hydrogens (tertiary/aromatic N) is 3. The number of hydrogen-bond acceptors (Lipinski definition) is 4. The van der Waals surface area contributed by atoms with Gasteiger partial charge in [-0.2, -0.15) is 5.10 Å². The average Bonchev–Trinajstić information content (AvgIpc) is 2.87. The van der Waals surface area contributed by atoms with Crippen molar-refractivity contribution in [2.24, 2.45) is 7.05 Å². The van der Waals surface area contributed by atoms with Crippen molar-refractivity contribution >= 4 is 5.91 Å². The van der Waals surface area contributed by atoms with Crippen LogP contribution in [0.2, 0.25) is 0 Å². The molecule has 0 radical (unpaired) electrons. The molecule has 22 heavy (non-hydrogen) atoms. The number of nitrogens with one attached hydrogen (secondary N) is 2. The second kappa shape index (κ2) is 7.24. The van der Waals surface area contributed by atoms with E-state index in [1.165, 1.54) is 0 Å². The molecular formula is C16H29N5O. The summed E-state index contributed by atoms with van der Waals surface area (Å²) in [7, 11) is 1.82. The first kappa shape index (κ1) is 17.0. The molecule has 1 amide bonds. The largest absolute Gasteiger partial charge is 0.351 e. The van der Waals surface area contributed by atoms with E-state index in [1.54, 1.807) is 4.68 Å². The van der Waals surface area contributed by atoms with Crippen LogP contribution in [-0.2, 0) is 12.5 Å². The third-order valence-electron chi connectivity index (χ3n) is 4.03. The Kier molecular flexibility index (Phi) is 5.58. The molecular weight excluding hydrogens is 278 g/mol. The summed E-state index contributed by atoms with van der Waals surface area (Å²) in [6.45, 7) is 12.4. The molecule has 2 rings (SSSR count). The standard InChI is InChI=1S/C16H29N5O/c1-16(2,3)14-12-13(20(4)19-14)15(22)18-6-5-9-21-10-7-17-8-11-21/h12,17H,5-11H2,1-4H3,(H,18,22). The molecule has 1 aliphatic heterocycles. The Morgan fingerprint density at radius 2 is 2.05 bits per heavy atom. The second-order valence-corrected chi connectivity index (χ2v) is 6.99. The quantitative estimate of drug-likeness (QED) is 0.788. The lowest BCUT2D eigenvalue weighted by Gasteiger charge is -2.27. The van der Waals surface area contributed by atoms with Crippen LogP contribution in [0.4, 0.5) is 0 Å². The van der Waals surface area contributed by atoms with Crippen LogP contribution < -0.4 is 10.6 Å². The van der Waals surface area contributed by atoms with Crippen LogP contribution in [0.3, 0.4) is 0 Å². The highest BCUT2D eigenvalue weighted by molar-refractivity contribution is 5.92. The highest BCUT2D eigenvalue weighted by Crippen LogP contribution is 2.21. The lowest BCUT2D eigenvalue weighted by Crippen LogP contribution is -2.44. The maximum atomic E-state index is 12.3. The van der Waals surface area contributed by atoms with Gasteiger partial charge in [-0.1, -0.05) is 20.8 Å². The fraction of sp³-hybridized carbons (Fsp3) is 0.750. The molecule has 0 saturated carbocycles. The monoisotopic (exact) mass is 307 g/mol. The molecule has 1 aromatic heterocycles. The first-order valence-electron chi connectivity index (χ1n) is 8.14. The van der Waals surface area contributed by atoms with Gasteiger partial charge in [-0.25, -0.2) is 0 Å². The van der Waals surface area contributed by atoms with Gasteiger partial charge < -0.3 is 15.5 Å². The highest BCUT2D eigenvalue weighted by atomic mass is 16.2. The molecule has 1 aliphatic rings. The molecule has 124 valence electrons. The molecule has 1 saturated heterocycles. The van der Waals surface area contributed by atoms with Crippen LogP contribution in [0.1, 0.15) is 43.4 Å². The normalized spacial score (nSPS) is 16.7. The molecule has 1 fully saturated rings. The van der Waals surface area contributed by atoms with E-state index in [9.17, 15) is 4.79 Å². The molecule has 0 aliphatic carbocycles. The predicted octanol–water partition coefficient (Wildman–Crippen LogP) is 0.743. The molecule has 6 heteroatoms. The van der Waals surface area contributed by atoms with Crippen molar-refractivity contribution in [1.29, 1.82) is 0 Å². The number of aromatic nitrogens is 2. The van der Waals surface area contributed by atoms with Gasteiger partial charge in [-0.05, 0) is 19.0 Å². The molecule has 0 atom stereocenters. The summed E-state index contributed by atoms with van der Waals surface area (Å²) >= 11 is 0. The first-order valence-corrected chi connectivity index (χ1v) is 8.14. The van der Waals surface area contributed by atoms with Gasteiger partial charge in [-0.3, -0.25) is 9.48 Å². The van der Waals surface area contributed by atoms with E-state index in [2.05, 4.69) is 41.4 Å². The summed E-state index contributed by atoms with van der Waals surface area (Å²) in [6.07, 6.45) is 0.982. The smallest absolute Gasteiger partial charge is 0.269 e. The minimum absolute atomic E-state index is 0.0363. The van der Waals surface area contributed by atoms with Crippen LogP contribution in [0, 0.1) is 0 Å². The van der Waals surface area contributed by atoms with Crippen molar-refractivity contribution in [3.8, 4) is 0 Å². The third-order valence-corrected chi connectivity index (χ3v) is 4.03. The third kappa shape index (κ3) is 4.55. The fourth-order valence-electron chi connectivity index (χ4n) is 2.58. The van der Waals surface area contributed by atoms with Gasteiger partial charge >= 0.3 is 0 Å². The van der Waals surface area contributed by atoms with E-state index >= 15 is 0 Å². The van der Waals surface area contributed by atoms with Crippen LogP contribution in [0.5, 0.6) is 0 Å². The number of piperazine rings is 1.